The minimum Gasteiger partial charge on any atom is -0.363 e. The van der Waals surface area contributed by atoms with E-state index in [-0.39, 0.29) is 11.9 Å². The number of carbonyl (C=O) groups excluding carboxylic acids is 1. The zero-order chi connectivity index (χ0) is 16.2. The summed E-state index contributed by atoms with van der Waals surface area (Å²) >= 11 is 1.54. The zero-order valence-electron chi connectivity index (χ0n) is 13.4. The molecular formula is C16H21N5OS. The van der Waals surface area contributed by atoms with Crippen LogP contribution in [0.4, 0.5) is 11.6 Å². The number of carbonyl (C=O) groups is 1. The summed E-state index contributed by atoms with van der Waals surface area (Å²) in [5, 5.41) is 6.93. The van der Waals surface area contributed by atoms with Crippen LogP contribution in [0.2, 0.25) is 0 Å². The number of nitrogens with one attached hydrogen (secondary N) is 1. The van der Waals surface area contributed by atoms with Gasteiger partial charge in [0.2, 0.25) is 0 Å². The summed E-state index contributed by atoms with van der Waals surface area (Å²) in [6, 6.07) is 3.99. The van der Waals surface area contributed by atoms with Gasteiger partial charge in [0.1, 0.15) is 18.0 Å². The van der Waals surface area contributed by atoms with Crippen LogP contribution in [0.5, 0.6) is 0 Å². The van der Waals surface area contributed by atoms with E-state index in [0.717, 1.165) is 43.1 Å². The predicted molar refractivity (Wildman–Crippen MR) is 93.4 cm³/mol. The molecule has 0 saturated carbocycles. The van der Waals surface area contributed by atoms with Crippen LogP contribution >= 0.6 is 11.3 Å². The van der Waals surface area contributed by atoms with Gasteiger partial charge in [-0.05, 0) is 24.3 Å². The van der Waals surface area contributed by atoms with Gasteiger partial charge in [0.15, 0.2) is 0 Å². The molecule has 1 atom stereocenters. The second kappa shape index (κ2) is 6.95. The van der Waals surface area contributed by atoms with Crippen LogP contribution < -0.4 is 15.1 Å². The summed E-state index contributed by atoms with van der Waals surface area (Å²) in [4.78, 5) is 25.0. The summed E-state index contributed by atoms with van der Waals surface area (Å²) in [6.45, 7) is 1.73. The molecule has 1 fully saturated rings. The van der Waals surface area contributed by atoms with Gasteiger partial charge in [0, 0.05) is 50.2 Å². The van der Waals surface area contributed by atoms with Crippen molar-refractivity contribution in [1.29, 1.82) is 0 Å². The quantitative estimate of drug-likeness (QED) is 0.928. The van der Waals surface area contributed by atoms with Crippen molar-refractivity contribution < 1.29 is 4.79 Å². The average Bonchev–Trinajstić information content (AvgIpc) is 3.10. The first-order valence-corrected chi connectivity index (χ1v) is 8.65. The van der Waals surface area contributed by atoms with Gasteiger partial charge in [-0.1, -0.05) is 0 Å². The maximum absolute atomic E-state index is 12.2. The Kier molecular flexibility index (Phi) is 4.76. The van der Waals surface area contributed by atoms with Crippen molar-refractivity contribution in [3.63, 3.8) is 0 Å². The Labute approximate surface area is 140 Å². The monoisotopic (exact) mass is 331 g/mol. The van der Waals surface area contributed by atoms with Gasteiger partial charge in [0.25, 0.3) is 5.91 Å². The summed E-state index contributed by atoms with van der Waals surface area (Å²) in [6.07, 6.45) is 3.63. The maximum Gasteiger partial charge on any atom is 0.252 e. The van der Waals surface area contributed by atoms with Crippen molar-refractivity contribution in [1.82, 2.24) is 15.3 Å². The lowest BCUT2D eigenvalue weighted by molar-refractivity contribution is 0.0933. The van der Waals surface area contributed by atoms with Gasteiger partial charge >= 0.3 is 0 Å². The molecule has 0 spiro atoms. The molecule has 0 radical (unpaired) electrons. The highest BCUT2D eigenvalue weighted by Gasteiger charge is 2.23. The molecule has 2 aromatic heterocycles. The van der Waals surface area contributed by atoms with Gasteiger partial charge in [-0.2, -0.15) is 11.3 Å². The molecule has 0 aliphatic carbocycles. The molecule has 0 unspecified atom stereocenters. The van der Waals surface area contributed by atoms with Crippen LogP contribution in [0.1, 0.15) is 23.2 Å². The summed E-state index contributed by atoms with van der Waals surface area (Å²) in [5.41, 5.74) is 0.740. The van der Waals surface area contributed by atoms with Crippen LogP contribution in [-0.2, 0) is 0 Å². The lowest BCUT2D eigenvalue weighted by Gasteiger charge is -2.34. The lowest BCUT2D eigenvalue weighted by Crippen LogP contribution is -2.48. The van der Waals surface area contributed by atoms with Crippen LogP contribution in [-0.4, -0.2) is 49.1 Å². The Bertz CT molecular complexity index is 658. The Hall–Kier alpha value is -2.15. The summed E-state index contributed by atoms with van der Waals surface area (Å²) in [7, 11) is 3.93. The first-order valence-electron chi connectivity index (χ1n) is 7.71. The fourth-order valence-corrected chi connectivity index (χ4v) is 3.36. The van der Waals surface area contributed by atoms with Crippen LogP contribution in [0.15, 0.2) is 29.2 Å². The minimum absolute atomic E-state index is 0.00904. The average molecular weight is 331 g/mol. The fourth-order valence-electron chi connectivity index (χ4n) is 2.72. The van der Waals surface area contributed by atoms with Gasteiger partial charge in [-0.15, -0.1) is 0 Å². The van der Waals surface area contributed by atoms with Crippen molar-refractivity contribution in [2.24, 2.45) is 0 Å². The zero-order valence-corrected chi connectivity index (χ0v) is 14.2. The third-order valence-electron chi connectivity index (χ3n) is 3.96. The summed E-state index contributed by atoms with van der Waals surface area (Å²) in [5.74, 6) is 1.81. The Morgan fingerprint density at radius 3 is 3.04 bits per heavy atom. The van der Waals surface area contributed by atoms with Crippen molar-refractivity contribution in [2.45, 2.75) is 18.9 Å². The van der Waals surface area contributed by atoms with E-state index in [1.807, 2.05) is 41.9 Å². The number of piperidine rings is 1. The molecule has 6 nitrogen and oxygen atoms in total. The van der Waals surface area contributed by atoms with Crippen LogP contribution in [0, 0.1) is 0 Å². The van der Waals surface area contributed by atoms with Crippen molar-refractivity contribution in [3.05, 3.63) is 34.8 Å². The Morgan fingerprint density at radius 1 is 1.43 bits per heavy atom. The van der Waals surface area contributed by atoms with E-state index >= 15 is 0 Å². The largest absolute Gasteiger partial charge is 0.363 e. The van der Waals surface area contributed by atoms with Gasteiger partial charge < -0.3 is 15.1 Å². The number of hydrogen-bond acceptors (Lipinski definition) is 6. The number of hydrogen-bond donors (Lipinski definition) is 1. The van der Waals surface area contributed by atoms with E-state index in [1.54, 1.807) is 6.33 Å². The van der Waals surface area contributed by atoms with Crippen LogP contribution in [0.3, 0.4) is 0 Å². The molecule has 122 valence electrons. The predicted octanol–water partition coefficient (Wildman–Crippen LogP) is 2.00. The lowest BCUT2D eigenvalue weighted by atomic mass is 10.1. The first kappa shape index (κ1) is 15.7. The molecular weight excluding hydrogens is 310 g/mol. The van der Waals surface area contributed by atoms with E-state index in [2.05, 4.69) is 20.2 Å². The van der Waals surface area contributed by atoms with Crippen molar-refractivity contribution in [2.75, 3.05) is 37.0 Å². The topological polar surface area (TPSA) is 61.4 Å². The molecule has 3 rings (SSSR count). The highest BCUT2D eigenvalue weighted by molar-refractivity contribution is 7.08. The summed E-state index contributed by atoms with van der Waals surface area (Å²) < 4.78 is 0. The van der Waals surface area contributed by atoms with E-state index in [9.17, 15) is 4.79 Å². The maximum atomic E-state index is 12.2. The number of nitrogens with zero attached hydrogens (tertiary/aromatic N) is 4. The fraction of sp³-hybridized carbons (Fsp3) is 0.438. The molecule has 0 bridgehead atoms. The van der Waals surface area contributed by atoms with Crippen LogP contribution in [0.25, 0.3) is 0 Å². The molecule has 1 amide bonds. The molecule has 2 aromatic rings. The molecule has 1 saturated heterocycles. The number of thiophene rings is 1. The highest BCUT2D eigenvalue weighted by atomic mass is 32.1. The minimum atomic E-state index is 0.00904. The molecule has 7 heteroatoms. The van der Waals surface area contributed by atoms with E-state index in [4.69, 9.17) is 0 Å². The number of amides is 1. The molecule has 23 heavy (non-hydrogen) atoms. The van der Waals surface area contributed by atoms with Crippen molar-refractivity contribution in [3.8, 4) is 0 Å². The highest BCUT2D eigenvalue weighted by Crippen LogP contribution is 2.20. The molecule has 3 heterocycles. The Balaban J connectivity index is 1.66. The molecule has 0 aromatic carbocycles. The SMILES string of the molecule is CN(C)c1cc(N2CCC[C@@H](NC(=O)c3ccsc3)C2)ncn1. The van der Waals surface area contributed by atoms with E-state index < -0.39 is 0 Å². The second-order valence-corrected chi connectivity index (χ2v) is 6.68. The van der Waals surface area contributed by atoms with E-state index in [0.29, 0.717) is 0 Å². The molecule has 1 aliphatic heterocycles. The van der Waals surface area contributed by atoms with Gasteiger partial charge in [-0.25, -0.2) is 9.97 Å². The first-order chi connectivity index (χ1) is 11.1. The van der Waals surface area contributed by atoms with Gasteiger partial charge in [0.05, 0.1) is 0 Å². The Morgan fingerprint density at radius 2 is 2.30 bits per heavy atom. The molecule has 1 aliphatic rings. The normalized spacial score (nSPS) is 17.8. The smallest absolute Gasteiger partial charge is 0.252 e. The standard InChI is InChI=1S/C16H21N5OS/c1-20(2)14-8-15(18-11-17-14)21-6-3-4-13(9-21)19-16(22)12-5-7-23-10-12/h5,7-8,10-11,13H,3-4,6,9H2,1-2H3,(H,19,22)/t13-/m1/s1. The van der Waals surface area contributed by atoms with E-state index in [1.165, 1.54) is 11.3 Å². The second-order valence-electron chi connectivity index (χ2n) is 5.90. The number of rotatable bonds is 4. The number of anilines is 2. The third-order valence-corrected chi connectivity index (χ3v) is 4.64. The van der Waals surface area contributed by atoms with Gasteiger partial charge in [-0.3, -0.25) is 4.79 Å². The molecule has 1 N–H and O–H groups in total. The number of aromatic nitrogens is 2. The van der Waals surface area contributed by atoms with Crippen molar-refractivity contribution >= 4 is 28.9 Å². The third kappa shape index (κ3) is 3.79.